The van der Waals surface area contributed by atoms with E-state index in [2.05, 4.69) is 0 Å². The van der Waals surface area contributed by atoms with E-state index in [0.29, 0.717) is 6.20 Å². The second-order valence-corrected chi connectivity index (χ2v) is 2.67. The molecule has 1 rings (SSSR count). The van der Waals surface area contributed by atoms with Crippen molar-refractivity contribution in [3.63, 3.8) is 0 Å². The normalized spacial score (nSPS) is 10.6. The first-order chi connectivity index (χ1) is 6.45. The molecular formula is C7H3ClF3NO2. The van der Waals surface area contributed by atoms with Crippen LogP contribution in [0.4, 0.5) is 13.2 Å². The van der Waals surface area contributed by atoms with Crippen LogP contribution in [0.3, 0.4) is 0 Å². The topological polar surface area (TPSA) is 49.9 Å². The van der Waals surface area contributed by atoms with Gasteiger partial charge in [-0.2, -0.15) is 0 Å². The van der Waals surface area contributed by atoms with Crippen LogP contribution in [0.5, 0.6) is 0 Å². The summed E-state index contributed by atoms with van der Waals surface area (Å²) in [5, 5.41) is -1.42. The van der Waals surface area contributed by atoms with E-state index >= 15 is 0 Å². The number of H-pyrrole nitrogens is 1. The minimum Gasteiger partial charge on any atom is -0.325 e. The minimum absolute atomic E-state index is 0.452. The highest BCUT2D eigenvalue weighted by Crippen LogP contribution is 2.24. The van der Waals surface area contributed by atoms with Crippen LogP contribution in [0.15, 0.2) is 11.0 Å². The van der Waals surface area contributed by atoms with Crippen molar-refractivity contribution >= 4 is 16.8 Å². The van der Waals surface area contributed by atoms with Crippen LogP contribution in [0.2, 0.25) is 0 Å². The number of carbonyl (C=O) groups is 1. The lowest BCUT2D eigenvalue weighted by Gasteiger charge is -2.04. The molecule has 76 valence electrons. The molecule has 0 aliphatic carbocycles. The zero-order valence-corrected chi connectivity index (χ0v) is 7.24. The van der Waals surface area contributed by atoms with Gasteiger partial charge in [-0.25, -0.2) is 13.2 Å². The maximum atomic E-state index is 12.8. The molecule has 1 heterocycles. The molecule has 0 saturated carbocycles. The van der Waals surface area contributed by atoms with Gasteiger partial charge in [-0.05, 0) is 11.6 Å². The van der Waals surface area contributed by atoms with E-state index in [0.717, 1.165) is 0 Å². The molecule has 0 aliphatic rings. The predicted octanol–water partition coefficient (Wildman–Crippen LogP) is 1.83. The molecule has 0 atom stereocenters. The summed E-state index contributed by atoms with van der Waals surface area (Å²) in [7, 11) is 0. The van der Waals surface area contributed by atoms with Gasteiger partial charge >= 0.3 is 0 Å². The van der Waals surface area contributed by atoms with E-state index in [4.69, 9.17) is 11.6 Å². The quantitative estimate of drug-likeness (QED) is 0.781. The van der Waals surface area contributed by atoms with Crippen molar-refractivity contribution in [1.29, 1.82) is 0 Å². The van der Waals surface area contributed by atoms with E-state index < -0.39 is 34.2 Å². The fourth-order valence-corrected chi connectivity index (χ4v) is 1.12. The van der Waals surface area contributed by atoms with Gasteiger partial charge in [-0.3, -0.25) is 9.59 Å². The van der Waals surface area contributed by atoms with Gasteiger partial charge in [-0.1, -0.05) is 0 Å². The van der Waals surface area contributed by atoms with Crippen molar-refractivity contribution in [2.75, 3.05) is 0 Å². The lowest BCUT2D eigenvalue weighted by Crippen LogP contribution is -2.19. The Bertz CT molecular complexity index is 429. The molecule has 0 saturated heterocycles. The molecule has 0 amide bonds. The van der Waals surface area contributed by atoms with Crippen molar-refractivity contribution < 1.29 is 18.0 Å². The largest absolute Gasteiger partial charge is 0.325 e. The third kappa shape index (κ3) is 1.79. The first-order valence-electron chi connectivity index (χ1n) is 3.34. The Morgan fingerprint density at radius 3 is 2.43 bits per heavy atom. The molecule has 1 aromatic heterocycles. The van der Waals surface area contributed by atoms with Crippen molar-refractivity contribution in [2.45, 2.75) is 6.43 Å². The number of nitrogens with one attached hydrogen (secondary N) is 1. The van der Waals surface area contributed by atoms with Crippen LogP contribution < -0.4 is 5.56 Å². The van der Waals surface area contributed by atoms with E-state index in [-0.39, 0.29) is 0 Å². The second kappa shape index (κ2) is 3.83. The summed E-state index contributed by atoms with van der Waals surface area (Å²) in [6.45, 7) is 0. The molecule has 0 radical (unpaired) electrons. The fourth-order valence-electron chi connectivity index (χ4n) is 0.929. The van der Waals surface area contributed by atoms with Gasteiger partial charge in [0.25, 0.3) is 17.2 Å². The number of pyridine rings is 1. The molecule has 0 fully saturated rings. The minimum atomic E-state index is -3.27. The third-order valence-corrected chi connectivity index (χ3v) is 1.69. The van der Waals surface area contributed by atoms with Crippen molar-refractivity contribution in [1.82, 2.24) is 4.98 Å². The van der Waals surface area contributed by atoms with E-state index in [1.165, 1.54) is 0 Å². The fraction of sp³-hybridized carbons (Fsp3) is 0.143. The zero-order chi connectivity index (χ0) is 10.9. The Labute approximate surface area is 80.5 Å². The molecule has 0 unspecified atom stereocenters. The SMILES string of the molecule is O=C(Cl)c1c(C(F)F)c(F)c[nH]c1=O. The molecule has 1 N–H and O–H groups in total. The van der Waals surface area contributed by atoms with Gasteiger partial charge < -0.3 is 4.98 Å². The van der Waals surface area contributed by atoms with Crippen molar-refractivity contribution in [3.05, 3.63) is 33.5 Å². The first kappa shape index (κ1) is 10.8. The van der Waals surface area contributed by atoms with E-state index in [1.54, 1.807) is 4.98 Å². The maximum absolute atomic E-state index is 12.8. The molecule has 3 nitrogen and oxygen atoms in total. The number of carbonyl (C=O) groups excluding carboxylic acids is 1. The molecular weight excluding hydrogens is 223 g/mol. The summed E-state index contributed by atoms with van der Waals surface area (Å²) < 4.78 is 37.2. The number of hydrogen-bond acceptors (Lipinski definition) is 2. The lowest BCUT2D eigenvalue weighted by atomic mass is 10.1. The Morgan fingerprint density at radius 1 is 1.50 bits per heavy atom. The molecule has 0 bridgehead atoms. The Morgan fingerprint density at radius 2 is 2.07 bits per heavy atom. The Kier molecular flexibility index (Phi) is 2.95. The van der Waals surface area contributed by atoms with Gasteiger partial charge in [0, 0.05) is 6.20 Å². The smallest absolute Gasteiger partial charge is 0.267 e. The van der Waals surface area contributed by atoms with Gasteiger partial charge in [0.15, 0.2) is 0 Å². The third-order valence-electron chi connectivity index (χ3n) is 1.50. The number of alkyl halides is 2. The van der Waals surface area contributed by atoms with E-state index in [1.807, 2.05) is 0 Å². The van der Waals surface area contributed by atoms with Crippen LogP contribution >= 0.6 is 11.6 Å². The van der Waals surface area contributed by atoms with Gasteiger partial charge in [-0.15, -0.1) is 0 Å². The van der Waals surface area contributed by atoms with Crippen LogP contribution in [0.1, 0.15) is 22.3 Å². The maximum Gasteiger partial charge on any atom is 0.267 e. The molecule has 1 aromatic rings. The molecule has 0 aromatic carbocycles. The Hall–Kier alpha value is -1.30. The first-order valence-corrected chi connectivity index (χ1v) is 3.72. The number of rotatable bonds is 2. The molecule has 7 heteroatoms. The number of aromatic nitrogens is 1. The van der Waals surface area contributed by atoms with Crippen LogP contribution in [-0.4, -0.2) is 10.2 Å². The summed E-state index contributed by atoms with van der Waals surface area (Å²) >= 11 is 4.87. The highest BCUT2D eigenvalue weighted by molar-refractivity contribution is 6.67. The summed E-state index contributed by atoms with van der Waals surface area (Å²) in [6, 6.07) is 0. The standard InChI is InChI=1S/C7H3ClF3NO2/c8-5(13)4-3(6(10)11)2(9)1-12-7(4)14/h1,6H,(H,12,14). The Balaban J connectivity index is 3.58. The van der Waals surface area contributed by atoms with E-state index in [9.17, 15) is 22.8 Å². The van der Waals surface area contributed by atoms with Crippen LogP contribution in [0.25, 0.3) is 0 Å². The number of hydrogen-bond donors (Lipinski definition) is 1. The number of aromatic amines is 1. The van der Waals surface area contributed by atoms with Gasteiger partial charge in [0.2, 0.25) is 0 Å². The number of halogens is 4. The summed E-state index contributed by atoms with van der Waals surface area (Å²) in [6.07, 6.45) is -2.82. The molecule has 14 heavy (non-hydrogen) atoms. The molecule has 0 aliphatic heterocycles. The van der Waals surface area contributed by atoms with Gasteiger partial charge in [0.1, 0.15) is 11.4 Å². The highest BCUT2D eigenvalue weighted by atomic mass is 35.5. The highest BCUT2D eigenvalue weighted by Gasteiger charge is 2.24. The monoisotopic (exact) mass is 225 g/mol. The zero-order valence-electron chi connectivity index (χ0n) is 6.48. The second-order valence-electron chi connectivity index (χ2n) is 2.33. The summed E-state index contributed by atoms with van der Waals surface area (Å²) in [4.78, 5) is 23.2. The van der Waals surface area contributed by atoms with Crippen molar-refractivity contribution in [3.8, 4) is 0 Å². The predicted molar refractivity (Wildman–Crippen MR) is 42.2 cm³/mol. The van der Waals surface area contributed by atoms with Crippen molar-refractivity contribution in [2.24, 2.45) is 0 Å². The average molecular weight is 226 g/mol. The van der Waals surface area contributed by atoms with Crippen LogP contribution in [-0.2, 0) is 0 Å². The van der Waals surface area contributed by atoms with Crippen LogP contribution in [0, 0.1) is 5.82 Å². The summed E-state index contributed by atoms with van der Waals surface area (Å²) in [5.41, 5.74) is -3.46. The summed E-state index contributed by atoms with van der Waals surface area (Å²) in [5.74, 6) is -1.37. The van der Waals surface area contributed by atoms with Gasteiger partial charge in [0.05, 0.1) is 5.56 Å². The average Bonchev–Trinajstić information content (AvgIpc) is 2.07. The lowest BCUT2D eigenvalue weighted by molar-refractivity contribution is 0.106. The molecule has 0 spiro atoms.